The summed E-state index contributed by atoms with van der Waals surface area (Å²) in [5.41, 5.74) is 0. The van der Waals surface area contributed by atoms with E-state index in [1.54, 1.807) is 0 Å². The Morgan fingerprint density at radius 3 is 1.84 bits per heavy atom. The van der Waals surface area contributed by atoms with Crippen molar-refractivity contribution in [1.29, 1.82) is 0 Å². The van der Waals surface area contributed by atoms with Crippen molar-refractivity contribution in [3.8, 4) is 0 Å². The number of aliphatic hydroxyl groups excluding tert-OH is 6. The van der Waals surface area contributed by atoms with Crippen LogP contribution in [0.15, 0.2) is 0 Å². The van der Waals surface area contributed by atoms with Crippen LogP contribution in [0.1, 0.15) is 0 Å². The van der Waals surface area contributed by atoms with Crippen LogP contribution in [0, 0.1) is 0 Å². The lowest BCUT2D eigenvalue weighted by atomic mass is 10.1. The fraction of sp³-hybridized carbons (Fsp3) is 1.00. The Hall–Kier alpha value is -0.360. The van der Waals surface area contributed by atoms with Gasteiger partial charge in [0, 0.05) is 0 Å². The predicted octanol–water partition coefficient (Wildman–Crippen LogP) is -4.12. The van der Waals surface area contributed by atoms with Gasteiger partial charge in [-0.15, -0.1) is 0 Å². The number of hydrogen-bond donors (Lipinski definition) is 6. The average molecular weight is 282 g/mol. The second-order valence-corrected chi connectivity index (χ2v) is 4.55. The standard InChI is InChI=1S/C10H18O9/c11-1-3-5(13)7(15)10(18-3)19-8-6(14)4(2-12)17-9(8)16/h3-16H,1-2H2/t3-,4-,5+,6+,7-,8-,9-,10+/m0/s1. The molecule has 2 heterocycles. The number of rotatable bonds is 4. The molecule has 2 fully saturated rings. The van der Waals surface area contributed by atoms with Crippen LogP contribution in [-0.4, -0.2) is 93.1 Å². The molecule has 0 amide bonds. The minimum absolute atomic E-state index is 0.506. The van der Waals surface area contributed by atoms with Gasteiger partial charge in [0.05, 0.1) is 13.2 Å². The summed E-state index contributed by atoms with van der Waals surface area (Å²) in [7, 11) is 0. The van der Waals surface area contributed by atoms with E-state index in [9.17, 15) is 20.4 Å². The van der Waals surface area contributed by atoms with Crippen LogP contribution in [0.25, 0.3) is 0 Å². The van der Waals surface area contributed by atoms with Crippen molar-refractivity contribution in [3.63, 3.8) is 0 Å². The number of hydrogen-bond acceptors (Lipinski definition) is 9. The van der Waals surface area contributed by atoms with Crippen molar-refractivity contribution in [2.45, 2.75) is 49.2 Å². The normalized spacial score (nSPS) is 50.8. The lowest BCUT2D eigenvalue weighted by Crippen LogP contribution is -2.42. The van der Waals surface area contributed by atoms with Gasteiger partial charge in [0.2, 0.25) is 0 Å². The van der Waals surface area contributed by atoms with E-state index in [2.05, 4.69) is 0 Å². The zero-order chi connectivity index (χ0) is 14.2. The summed E-state index contributed by atoms with van der Waals surface area (Å²) in [6.45, 7) is -1.02. The van der Waals surface area contributed by atoms with E-state index in [1.807, 2.05) is 0 Å². The molecule has 8 atom stereocenters. The SMILES string of the molecule is OC[C@@H]1O[C@H](O[C@H]2[C@H](O)[C@H](CO)O[C@@H]2O)[C@@H](O)[C@@H]1O. The van der Waals surface area contributed by atoms with Gasteiger partial charge in [-0.25, -0.2) is 0 Å². The van der Waals surface area contributed by atoms with Crippen LogP contribution in [0.3, 0.4) is 0 Å². The minimum Gasteiger partial charge on any atom is -0.394 e. The van der Waals surface area contributed by atoms with Gasteiger partial charge in [0.15, 0.2) is 12.6 Å². The van der Waals surface area contributed by atoms with Crippen LogP contribution in [0.5, 0.6) is 0 Å². The van der Waals surface area contributed by atoms with Crippen molar-refractivity contribution in [2.24, 2.45) is 0 Å². The van der Waals surface area contributed by atoms with Crippen LogP contribution >= 0.6 is 0 Å². The number of ether oxygens (including phenoxy) is 3. The van der Waals surface area contributed by atoms with E-state index in [4.69, 9.17) is 24.4 Å². The smallest absolute Gasteiger partial charge is 0.187 e. The second-order valence-electron chi connectivity index (χ2n) is 4.55. The van der Waals surface area contributed by atoms with Gasteiger partial charge < -0.3 is 44.8 Å². The first-order valence-corrected chi connectivity index (χ1v) is 5.90. The molecule has 112 valence electrons. The van der Waals surface area contributed by atoms with Gasteiger partial charge in [0.25, 0.3) is 0 Å². The van der Waals surface area contributed by atoms with Crippen molar-refractivity contribution >= 4 is 0 Å². The fourth-order valence-corrected chi connectivity index (χ4v) is 2.15. The van der Waals surface area contributed by atoms with Gasteiger partial charge in [-0.2, -0.15) is 0 Å². The van der Waals surface area contributed by atoms with Crippen LogP contribution in [-0.2, 0) is 14.2 Å². The monoisotopic (exact) mass is 282 g/mol. The zero-order valence-corrected chi connectivity index (χ0v) is 9.94. The first-order valence-electron chi connectivity index (χ1n) is 5.90. The molecule has 0 unspecified atom stereocenters. The topological polar surface area (TPSA) is 149 Å². The molecule has 0 aromatic rings. The van der Waals surface area contributed by atoms with E-state index in [-0.39, 0.29) is 0 Å². The minimum atomic E-state index is -1.49. The van der Waals surface area contributed by atoms with Crippen molar-refractivity contribution in [1.82, 2.24) is 0 Å². The molecular formula is C10H18O9. The van der Waals surface area contributed by atoms with Gasteiger partial charge in [-0.05, 0) is 0 Å². The molecule has 0 radical (unpaired) electrons. The maximum absolute atomic E-state index is 9.74. The highest BCUT2D eigenvalue weighted by Crippen LogP contribution is 2.28. The first-order chi connectivity index (χ1) is 8.99. The Balaban J connectivity index is 1.98. The molecule has 9 heteroatoms. The highest BCUT2D eigenvalue weighted by atomic mass is 16.7. The van der Waals surface area contributed by atoms with E-state index >= 15 is 0 Å². The summed E-state index contributed by atoms with van der Waals surface area (Å²) in [5, 5.41) is 56.2. The van der Waals surface area contributed by atoms with Crippen molar-refractivity contribution in [2.75, 3.05) is 13.2 Å². The lowest BCUT2D eigenvalue weighted by molar-refractivity contribution is -0.236. The number of aliphatic hydroxyl groups is 6. The largest absolute Gasteiger partial charge is 0.394 e. The Kier molecular flexibility index (Phi) is 4.71. The van der Waals surface area contributed by atoms with Crippen LogP contribution in [0.4, 0.5) is 0 Å². The van der Waals surface area contributed by atoms with Gasteiger partial charge in [0.1, 0.15) is 36.6 Å². The summed E-state index contributed by atoms with van der Waals surface area (Å²) in [5.74, 6) is 0. The van der Waals surface area contributed by atoms with Crippen molar-refractivity contribution in [3.05, 3.63) is 0 Å². The zero-order valence-electron chi connectivity index (χ0n) is 9.94. The van der Waals surface area contributed by atoms with E-state index in [0.717, 1.165) is 0 Å². The maximum atomic E-state index is 9.74. The molecule has 2 saturated heterocycles. The molecule has 0 bridgehead atoms. The second kappa shape index (κ2) is 5.95. The molecule has 19 heavy (non-hydrogen) atoms. The highest BCUT2D eigenvalue weighted by Gasteiger charge is 2.49. The third kappa shape index (κ3) is 2.75. The van der Waals surface area contributed by atoms with E-state index in [0.29, 0.717) is 0 Å². The summed E-state index contributed by atoms with van der Waals surface area (Å²) >= 11 is 0. The van der Waals surface area contributed by atoms with Crippen molar-refractivity contribution < 1.29 is 44.8 Å². The third-order valence-corrected chi connectivity index (χ3v) is 3.28. The Morgan fingerprint density at radius 1 is 0.789 bits per heavy atom. The molecule has 0 aliphatic carbocycles. The first kappa shape index (κ1) is 15.0. The predicted molar refractivity (Wildman–Crippen MR) is 56.6 cm³/mol. The molecule has 2 aliphatic heterocycles. The maximum Gasteiger partial charge on any atom is 0.187 e. The molecular weight excluding hydrogens is 264 g/mol. The summed E-state index contributed by atoms with van der Waals surface area (Å²) in [4.78, 5) is 0. The van der Waals surface area contributed by atoms with Gasteiger partial charge >= 0.3 is 0 Å². The molecule has 0 aromatic carbocycles. The third-order valence-electron chi connectivity index (χ3n) is 3.28. The van der Waals surface area contributed by atoms with Crippen LogP contribution < -0.4 is 0 Å². The molecule has 2 aliphatic rings. The van der Waals surface area contributed by atoms with Gasteiger partial charge in [-0.3, -0.25) is 0 Å². The Labute approximate surface area is 108 Å². The van der Waals surface area contributed by atoms with Gasteiger partial charge in [-0.1, -0.05) is 0 Å². The Morgan fingerprint density at radius 2 is 1.37 bits per heavy atom. The summed E-state index contributed by atoms with van der Waals surface area (Å²) in [6.07, 6.45) is -10.1. The molecule has 6 N–H and O–H groups in total. The van der Waals surface area contributed by atoms with Crippen LogP contribution in [0.2, 0.25) is 0 Å². The molecule has 0 saturated carbocycles. The lowest BCUT2D eigenvalue weighted by Gasteiger charge is -2.23. The molecule has 2 rings (SSSR count). The molecule has 9 nitrogen and oxygen atoms in total. The Bertz CT molecular complexity index is 301. The molecule has 0 aromatic heterocycles. The fourth-order valence-electron chi connectivity index (χ4n) is 2.15. The van der Waals surface area contributed by atoms with E-state index < -0.39 is 62.4 Å². The summed E-state index contributed by atoms with van der Waals surface area (Å²) in [6, 6.07) is 0. The summed E-state index contributed by atoms with van der Waals surface area (Å²) < 4.78 is 15.1. The highest BCUT2D eigenvalue weighted by molar-refractivity contribution is 4.91. The quantitative estimate of drug-likeness (QED) is 0.302. The molecule has 0 spiro atoms. The van der Waals surface area contributed by atoms with E-state index in [1.165, 1.54) is 0 Å². The average Bonchev–Trinajstić information content (AvgIpc) is 2.83.